The van der Waals surface area contributed by atoms with Gasteiger partial charge in [0.2, 0.25) is 0 Å². The van der Waals surface area contributed by atoms with Gasteiger partial charge in [-0.2, -0.15) is 0 Å². The summed E-state index contributed by atoms with van der Waals surface area (Å²) in [5.41, 5.74) is 4.94. The Balaban J connectivity index is 2.95. The van der Waals surface area contributed by atoms with E-state index in [-0.39, 0.29) is 6.04 Å². The van der Waals surface area contributed by atoms with Gasteiger partial charge >= 0.3 is 0 Å². The molecule has 0 aliphatic heterocycles. The molecule has 7 heavy (non-hydrogen) atoms. The fraction of sp³-hybridized carbons (Fsp3) is 1.00. The largest absolute Gasteiger partial charge is 0.366 e. The van der Waals surface area contributed by atoms with Crippen molar-refractivity contribution in [2.45, 2.75) is 26.2 Å². The molecular weight excluding hydrogens is 92.1 g/mol. The summed E-state index contributed by atoms with van der Waals surface area (Å²) in [4.78, 5) is 0. The Morgan fingerprint density at radius 3 is 2.00 bits per heavy atom. The van der Waals surface area contributed by atoms with E-state index in [9.17, 15) is 0 Å². The van der Waals surface area contributed by atoms with Crippen LogP contribution in [0.25, 0.3) is 0 Å². The molecule has 0 bridgehead atoms. The Kier molecular flexibility index (Phi) is 2.91. The van der Waals surface area contributed by atoms with Crippen LogP contribution in [-0.2, 0) is 0 Å². The van der Waals surface area contributed by atoms with E-state index in [1.165, 1.54) is 0 Å². The van der Waals surface area contributed by atoms with Crippen LogP contribution < -0.4 is 11.1 Å². The van der Waals surface area contributed by atoms with Gasteiger partial charge in [-0.15, -0.1) is 0 Å². The zero-order valence-electron chi connectivity index (χ0n) is 4.68. The fourth-order valence-electron chi connectivity index (χ4n) is 0.342. The minimum absolute atomic E-state index is 0.250. The van der Waals surface area contributed by atoms with Crippen LogP contribution in [0.4, 0.5) is 0 Å². The van der Waals surface area contributed by atoms with E-state index in [1.54, 1.807) is 0 Å². The molecule has 0 aliphatic rings. The second kappa shape index (κ2) is 2.96. The van der Waals surface area contributed by atoms with E-state index in [2.05, 4.69) is 5.32 Å². The molecule has 0 aromatic heterocycles. The Hall–Kier alpha value is -0.120. The Morgan fingerprint density at radius 2 is 2.00 bits per heavy atom. The summed E-state index contributed by atoms with van der Waals surface area (Å²) < 4.78 is 0. The monoisotopic (exact) mass is 104 g/mol. The molecule has 3 heteroatoms. The van der Waals surface area contributed by atoms with E-state index in [4.69, 9.17) is 10.8 Å². The second-order valence-electron chi connectivity index (χ2n) is 1.77. The molecule has 0 saturated heterocycles. The maximum absolute atomic E-state index is 8.39. The lowest BCUT2D eigenvalue weighted by molar-refractivity contribution is 0.134. The van der Waals surface area contributed by atoms with E-state index in [1.807, 2.05) is 13.8 Å². The van der Waals surface area contributed by atoms with Crippen LogP contribution in [0.2, 0.25) is 0 Å². The van der Waals surface area contributed by atoms with Gasteiger partial charge in [-0.25, -0.2) is 0 Å². The smallest absolute Gasteiger partial charge is 0.158 e. The molecule has 4 N–H and O–H groups in total. The van der Waals surface area contributed by atoms with E-state index in [0.29, 0.717) is 0 Å². The minimum Gasteiger partial charge on any atom is -0.366 e. The van der Waals surface area contributed by atoms with Crippen LogP contribution in [0, 0.1) is 0 Å². The summed E-state index contributed by atoms with van der Waals surface area (Å²) in [5, 5.41) is 11.0. The van der Waals surface area contributed by atoms with Gasteiger partial charge in [0.25, 0.3) is 0 Å². The van der Waals surface area contributed by atoms with Gasteiger partial charge in [0.15, 0.2) is 6.35 Å². The van der Waals surface area contributed by atoms with E-state index >= 15 is 0 Å². The van der Waals surface area contributed by atoms with Crippen LogP contribution in [0.5, 0.6) is 0 Å². The van der Waals surface area contributed by atoms with Crippen molar-refractivity contribution in [3.05, 3.63) is 0 Å². The average Bonchev–Trinajstić information content (AvgIpc) is 1.27. The molecule has 3 nitrogen and oxygen atoms in total. The molecule has 0 rings (SSSR count). The van der Waals surface area contributed by atoms with Crippen molar-refractivity contribution in [2.75, 3.05) is 0 Å². The van der Waals surface area contributed by atoms with Crippen LogP contribution in [0.1, 0.15) is 13.8 Å². The minimum atomic E-state index is -0.875. The van der Waals surface area contributed by atoms with Gasteiger partial charge in [0.1, 0.15) is 0 Å². The number of aliphatic hydroxyl groups is 1. The molecule has 0 aliphatic carbocycles. The average molecular weight is 104 g/mol. The lowest BCUT2D eigenvalue weighted by atomic mass is 10.4. The maximum Gasteiger partial charge on any atom is 0.158 e. The standard InChI is InChI=1S/C4H12N2O/c1-3(2)6-4(5)7/h3-4,6-7H,5H2,1-2H3. The lowest BCUT2D eigenvalue weighted by Gasteiger charge is -2.08. The summed E-state index contributed by atoms with van der Waals surface area (Å²) in [6.45, 7) is 3.83. The summed E-state index contributed by atoms with van der Waals surface area (Å²) in [7, 11) is 0. The van der Waals surface area contributed by atoms with Crippen LogP contribution in [-0.4, -0.2) is 17.5 Å². The topological polar surface area (TPSA) is 58.3 Å². The van der Waals surface area contributed by atoms with Crippen molar-refractivity contribution in [2.24, 2.45) is 5.73 Å². The van der Waals surface area contributed by atoms with Crippen molar-refractivity contribution < 1.29 is 5.11 Å². The van der Waals surface area contributed by atoms with Gasteiger partial charge in [-0.3, -0.25) is 11.1 Å². The molecule has 0 radical (unpaired) electrons. The van der Waals surface area contributed by atoms with Crippen molar-refractivity contribution in [3.8, 4) is 0 Å². The highest BCUT2D eigenvalue weighted by molar-refractivity contribution is 4.49. The summed E-state index contributed by atoms with van der Waals surface area (Å²) >= 11 is 0. The number of hydrogen-bond donors (Lipinski definition) is 3. The first-order valence-electron chi connectivity index (χ1n) is 2.32. The molecule has 44 valence electrons. The summed E-state index contributed by atoms with van der Waals surface area (Å²) in [5.74, 6) is 0. The molecule has 0 heterocycles. The quantitative estimate of drug-likeness (QED) is 0.403. The first kappa shape index (κ1) is 6.88. The van der Waals surface area contributed by atoms with Gasteiger partial charge in [0.05, 0.1) is 0 Å². The molecular formula is C4H12N2O. The van der Waals surface area contributed by atoms with E-state index in [0.717, 1.165) is 0 Å². The number of nitrogens with one attached hydrogen (secondary N) is 1. The fourth-order valence-corrected chi connectivity index (χ4v) is 0.342. The van der Waals surface area contributed by atoms with Gasteiger partial charge in [-0.1, -0.05) is 0 Å². The summed E-state index contributed by atoms with van der Waals surface area (Å²) in [6.07, 6.45) is -0.875. The van der Waals surface area contributed by atoms with Crippen molar-refractivity contribution in [3.63, 3.8) is 0 Å². The normalized spacial score (nSPS) is 15.0. The first-order chi connectivity index (χ1) is 3.13. The molecule has 1 atom stereocenters. The number of rotatable bonds is 2. The second-order valence-corrected chi connectivity index (χ2v) is 1.77. The van der Waals surface area contributed by atoms with Crippen LogP contribution >= 0.6 is 0 Å². The predicted molar refractivity (Wildman–Crippen MR) is 28.5 cm³/mol. The molecule has 0 aromatic carbocycles. The van der Waals surface area contributed by atoms with Crippen LogP contribution in [0.3, 0.4) is 0 Å². The third-order valence-electron chi connectivity index (χ3n) is 0.504. The molecule has 0 saturated carbocycles. The Bertz CT molecular complexity index is 39.0. The number of aliphatic hydroxyl groups excluding tert-OH is 1. The number of hydrogen-bond acceptors (Lipinski definition) is 3. The van der Waals surface area contributed by atoms with Gasteiger partial charge in [0, 0.05) is 6.04 Å². The first-order valence-corrected chi connectivity index (χ1v) is 2.32. The molecule has 0 spiro atoms. The van der Waals surface area contributed by atoms with Crippen molar-refractivity contribution in [1.82, 2.24) is 5.32 Å². The van der Waals surface area contributed by atoms with E-state index < -0.39 is 6.35 Å². The zero-order valence-corrected chi connectivity index (χ0v) is 4.68. The molecule has 0 aromatic rings. The third-order valence-corrected chi connectivity index (χ3v) is 0.504. The summed E-state index contributed by atoms with van der Waals surface area (Å²) in [6, 6.07) is 0.250. The Morgan fingerprint density at radius 1 is 1.57 bits per heavy atom. The molecule has 0 fully saturated rings. The molecule has 0 amide bonds. The number of nitrogens with two attached hydrogens (primary N) is 1. The van der Waals surface area contributed by atoms with Crippen molar-refractivity contribution in [1.29, 1.82) is 0 Å². The third kappa shape index (κ3) is 5.88. The predicted octanol–water partition coefficient (Wildman–Crippen LogP) is -0.781. The highest BCUT2D eigenvalue weighted by atomic mass is 16.3. The zero-order chi connectivity index (χ0) is 5.86. The van der Waals surface area contributed by atoms with Crippen molar-refractivity contribution >= 4 is 0 Å². The SMILES string of the molecule is CC(C)NC(N)O. The highest BCUT2D eigenvalue weighted by Gasteiger charge is 1.94. The maximum atomic E-state index is 8.39. The Labute approximate surface area is 43.5 Å². The van der Waals surface area contributed by atoms with Crippen LogP contribution in [0.15, 0.2) is 0 Å². The lowest BCUT2D eigenvalue weighted by Crippen LogP contribution is -2.41. The highest BCUT2D eigenvalue weighted by Crippen LogP contribution is 1.73. The molecule has 1 unspecified atom stereocenters. The van der Waals surface area contributed by atoms with Gasteiger partial charge in [-0.05, 0) is 13.8 Å². The van der Waals surface area contributed by atoms with Gasteiger partial charge < -0.3 is 5.11 Å².